The number of phenols is 2. The highest BCUT2D eigenvalue weighted by Gasteiger charge is 2.17. The lowest BCUT2D eigenvalue weighted by molar-refractivity contribution is 0.471. The van der Waals surface area contributed by atoms with Crippen LogP contribution in [-0.4, -0.2) is 20.2 Å². The van der Waals surface area contributed by atoms with Crippen molar-refractivity contribution in [2.75, 3.05) is 11.1 Å². The zero-order valence-corrected chi connectivity index (χ0v) is 13.8. The first-order valence-electron chi connectivity index (χ1n) is 7.23. The fraction of sp³-hybridized carbons (Fsp3) is 0.0588. The Morgan fingerprint density at radius 1 is 1.16 bits per heavy atom. The number of aromatic hydroxyl groups is 2. The van der Waals surface area contributed by atoms with Gasteiger partial charge in [0.05, 0.1) is 5.02 Å². The van der Waals surface area contributed by atoms with Crippen LogP contribution >= 0.6 is 11.6 Å². The van der Waals surface area contributed by atoms with Gasteiger partial charge in [-0.1, -0.05) is 17.7 Å². The highest BCUT2D eigenvalue weighted by Crippen LogP contribution is 2.34. The van der Waals surface area contributed by atoms with Crippen molar-refractivity contribution in [1.82, 2.24) is 9.97 Å². The van der Waals surface area contributed by atoms with Gasteiger partial charge >= 0.3 is 0 Å². The van der Waals surface area contributed by atoms with E-state index in [1.54, 1.807) is 25.1 Å². The number of anilines is 3. The zero-order chi connectivity index (χ0) is 18.1. The van der Waals surface area contributed by atoms with E-state index < -0.39 is 5.82 Å². The summed E-state index contributed by atoms with van der Waals surface area (Å²) in [5.74, 6) is -1.09. The molecule has 0 aliphatic heterocycles. The van der Waals surface area contributed by atoms with Gasteiger partial charge in [0.1, 0.15) is 17.2 Å². The number of hydrogen-bond acceptors (Lipinski definition) is 6. The Morgan fingerprint density at radius 2 is 1.92 bits per heavy atom. The summed E-state index contributed by atoms with van der Waals surface area (Å²) in [6, 6.07) is 9.23. The Morgan fingerprint density at radius 3 is 2.60 bits per heavy atom. The highest BCUT2D eigenvalue weighted by atomic mass is 35.5. The van der Waals surface area contributed by atoms with Gasteiger partial charge in [-0.25, -0.2) is 9.37 Å². The Labute approximate surface area is 147 Å². The molecule has 0 saturated heterocycles. The number of hydrogen-bond donors (Lipinski definition) is 4. The van der Waals surface area contributed by atoms with E-state index in [2.05, 4.69) is 15.3 Å². The van der Waals surface area contributed by atoms with Gasteiger partial charge in [0.25, 0.3) is 0 Å². The third-order valence-corrected chi connectivity index (χ3v) is 3.79. The van der Waals surface area contributed by atoms with Crippen LogP contribution in [-0.2, 0) is 0 Å². The van der Waals surface area contributed by atoms with E-state index in [0.717, 1.165) is 0 Å². The minimum atomic E-state index is -0.789. The number of nitrogens with one attached hydrogen (secondary N) is 1. The molecule has 0 aliphatic carbocycles. The molecule has 0 amide bonds. The monoisotopic (exact) mass is 360 g/mol. The van der Waals surface area contributed by atoms with Gasteiger partial charge in [-0.15, -0.1) is 0 Å². The Hall–Kier alpha value is -3.06. The van der Waals surface area contributed by atoms with Crippen molar-refractivity contribution >= 4 is 29.1 Å². The molecule has 6 nitrogen and oxygen atoms in total. The molecule has 0 unspecified atom stereocenters. The van der Waals surface area contributed by atoms with E-state index >= 15 is 0 Å². The van der Waals surface area contributed by atoms with Crippen molar-refractivity contribution in [2.45, 2.75) is 6.92 Å². The fourth-order valence-electron chi connectivity index (χ4n) is 2.30. The Balaban J connectivity index is 2.07. The molecule has 8 heteroatoms. The smallest absolute Gasteiger partial charge is 0.229 e. The van der Waals surface area contributed by atoms with Crippen LogP contribution in [0.3, 0.4) is 0 Å². The van der Waals surface area contributed by atoms with Gasteiger partial charge in [-0.3, -0.25) is 0 Å². The minimum absolute atomic E-state index is 0.0554. The lowest BCUT2D eigenvalue weighted by atomic mass is 10.1. The van der Waals surface area contributed by atoms with Gasteiger partial charge < -0.3 is 21.3 Å². The molecule has 0 saturated carbocycles. The lowest BCUT2D eigenvalue weighted by Gasteiger charge is -2.11. The van der Waals surface area contributed by atoms with Crippen LogP contribution in [0.1, 0.15) is 5.56 Å². The maximum atomic E-state index is 14.4. The Kier molecular flexibility index (Phi) is 4.33. The summed E-state index contributed by atoms with van der Waals surface area (Å²) < 4.78 is 14.4. The Bertz CT molecular complexity index is 942. The molecule has 3 aromatic rings. The molecule has 25 heavy (non-hydrogen) atoms. The van der Waals surface area contributed by atoms with E-state index in [4.69, 9.17) is 17.3 Å². The maximum Gasteiger partial charge on any atom is 0.229 e. The first-order chi connectivity index (χ1) is 11.8. The zero-order valence-electron chi connectivity index (χ0n) is 13.1. The third-order valence-electron chi connectivity index (χ3n) is 3.51. The SMILES string of the molecule is Cc1cc(-c2nc(Nc3cccc(O)c3)nc(N)c2F)cc(Cl)c1O. The molecule has 5 N–H and O–H groups in total. The number of nitrogens with two attached hydrogens (primary N) is 1. The topological polar surface area (TPSA) is 104 Å². The van der Waals surface area contributed by atoms with Crippen molar-refractivity contribution in [3.8, 4) is 22.8 Å². The average molecular weight is 361 g/mol. The number of nitrogens with zero attached hydrogens (tertiary/aromatic N) is 2. The van der Waals surface area contributed by atoms with Gasteiger partial charge in [-0.05, 0) is 36.8 Å². The van der Waals surface area contributed by atoms with E-state index in [-0.39, 0.29) is 34.0 Å². The molecule has 1 aromatic heterocycles. The molecule has 3 rings (SSSR count). The van der Waals surface area contributed by atoms with E-state index in [0.29, 0.717) is 16.8 Å². The van der Waals surface area contributed by atoms with Gasteiger partial charge in [-0.2, -0.15) is 4.98 Å². The van der Waals surface area contributed by atoms with E-state index in [1.165, 1.54) is 18.2 Å². The molecule has 1 heterocycles. The van der Waals surface area contributed by atoms with Crippen LogP contribution in [0.25, 0.3) is 11.3 Å². The number of phenolic OH excluding ortho intramolecular Hbond substituents is 2. The van der Waals surface area contributed by atoms with Crippen molar-refractivity contribution in [1.29, 1.82) is 0 Å². The highest BCUT2D eigenvalue weighted by molar-refractivity contribution is 6.32. The second-order valence-electron chi connectivity index (χ2n) is 5.39. The predicted molar refractivity (Wildman–Crippen MR) is 94.6 cm³/mol. The summed E-state index contributed by atoms with van der Waals surface area (Å²) in [5, 5.41) is 22.2. The maximum absolute atomic E-state index is 14.4. The number of aromatic nitrogens is 2. The van der Waals surface area contributed by atoms with E-state index in [1.807, 2.05) is 0 Å². The van der Waals surface area contributed by atoms with Crippen molar-refractivity contribution in [3.63, 3.8) is 0 Å². The molecule has 0 atom stereocenters. The summed E-state index contributed by atoms with van der Waals surface area (Å²) >= 11 is 5.96. The van der Waals surface area contributed by atoms with Crippen LogP contribution in [0.5, 0.6) is 11.5 Å². The average Bonchev–Trinajstić information content (AvgIpc) is 2.55. The summed E-state index contributed by atoms with van der Waals surface area (Å²) in [7, 11) is 0. The summed E-state index contributed by atoms with van der Waals surface area (Å²) in [6.45, 7) is 1.64. The van der Waals surface area contributed by atoms with Gasteiger partial charge in [0, 0.05) is 17.3 Å². The number of benzene rings is 2. The molecular weight excluding hydrogens is 347 g/mol. The molecule has 2 aromatic carbocycles. The molecule has 0 spiro atoms. The molecular formula is C17H14ClFN4O2. The lowest BCUT2D eigenvalue weighted by Crippen LogP contribution is -2.05. The van der Waals surface area contributed by atoms with Crippen LogP contribution in [0, 0.1) is 12.7 Å². The third kappa shape index (κ3) is 3.41. The van der Waals surface area contributed by atoms with Crippen molar-refractivity contribution < 1.29 is 14.6 Å². The summed E-state index contributed by atoms with van der Waals surface area (Å²) in [4.78, 5) is 8.00. The van der Waals surface area contributed by atoms with Crippen LogP contribution < -0.4 is 11.1 Å². The number of halogens is 2. The normalized spacial score (nSPS) is 10.7. The van der Waals surface area contributed by atoms with Crippen LogP contribution in [0.15, 0.2) is 36.4 Å². The molecule has 0 radical (unpaired) electrons. The first-order valence-corrected chi connectivity index (χ1v) is 7.61. The van der Waals surface area contributed by atoms with Crippen molar-refractivity contribution in [2.24, 2.45) is 0 Å². The van der Waals surface area contributed by atoms with Gasteiger partial charge in [0.15, 0.2) is 11.6 Å². The minimum Gasteiger partial charge on any atom is -0.508 e. The number of rotatable bonds is 3. The van der Waals surface area contributed by atoms with Crippen LogP contribution in [0.2, 0.25) is 5.02 Å². The quantitative estimate of drug-likeness (QED) is 0.563. The second-order valence-corrected chi connectivity index (χ2v) is 5.80. The fourth-order valence-corrected chi connectivity index (χ4v) is 2.56. The summed E-state index contributed by atoms with van der Waals surface area (Å²) in [5.41, 5.74) is 6.93. The standard InChI is InChI=1S/C17H14ClFN4O2/c1-8-5-9(6-12(18)15(8)25)14-13(19)16(20)23-17(22-14)21-10-3-2-4-11(24)7-10/h2-7,24-25H,1H3,(H3,20,21,22,23). The molecule has 0 fully saturated rings. The molecule has 0 bridgehead atoms. The summed E-state index contributed by atoms with van der Waals surface area (Å²) in [6.07, 6.45) is 0. The van der Waals surface area contributed by atoms with E-state index in [9.17, 15) is 14.6 Å². The first kappa shape index (κ1) is 16.8. The number of nitrogen functional groups attached to an aromatic ring is 1. The number of aryl methyl sites for hydroxylation is 1. The van der Waals surface area contributed by atoms with Crippen molar-refractivity contribution in [3.05, 3.63) is 52.8 Å². The molecule has 128 valence electrons. The predicted octanol–water partition coefficient (Wildman–Crippen LogP) is 3.98. The van der Waals surface area contributed by atoms with Crippen LogP contribution in [0.4, 0.5) is 21.8 Å². The largest absolute Gasteiger partial charge is 0.508 e. The molecule has 0 aliphatic rings. The second kappa shape index (κ2) is 6.45. The van der Waals surface area contributed by atoms with Gasteiger partial charge in [0.2, 0.25) is 5.95 Å².